The number of aryl methyl sites for hydroxylation is 1. The number of epoxide rings is 1. The summed E-state index contributed by atoms with van der Waals surface area (Å²) >= 11 is 0. The van der Waals surface area contributed by atoms with Gasteiger partial charge in [0.1, 0.15) is 0 Å². The van der Waals surface area contributed by atoms with Gasteiger partial charge in [0.2, 0.25) is 0 Å². The molecule has 1 heterocycles. The van der Waals surface area contributed by atoms with Crippen LogP contribution in [0, 0.1) is 12.3 Å². The number of benzene rings is 1. The molecule has 15 heavy (non-hydrogen) atoms. The maximum absolute atomic E-state index is 5.56. The highest BCUT2D eigenvalue weighted by molar-refractivity contribution is 5.24. The molecule has 1 aromatic carbocycles. The summed E-state index contributed by atoms with van der Waals surface area (Å²) in [5.74, 6) is 0. The summed E-state index contributed by atoms with van der Waals surface area (Å²) in [5.41, 5.74) is 3.07. The Morgan fingerprint density at radius 3 is 2.60 bits per heavy atom. The van der Waals surface area contributed by atoms with Gasteiger partial charge in [0.25, 0.3) is 0 Å². The second-order valence-electron chi connectivity index (χ2n) is 5.57. The first-order chi connectivity index (χ1) is 6.93. The topological polar surface area (TPSA) is 12.5 Å². The van der Waals surface area contributed by atoms with Crippen molar-refractivity contribution in [2.24, 2.45) is 5.41 Å². The predicted octanol–water partition coefficient (Wildman–Crippen LogP) is 3.35. The quantitative estimate of drug-likeness (QED) is 0.688. The van der Waals surface area contributed by atoms with Gasteiger partial charge in [-0.15, -0.1) is 0 Å². The fraction of sp³-hybridized carbons (Fsp3) is 0.571. The van der Waals surface area contributed by atoms with Crippen LogP contribution in [0.25, 0.3) is 0 Å². The molecule has 0 N–H and O–H groups in total. The van der Waals surface area contributed by atoms with E-state index < -0.39 is 0 Å². The van der Waals surface area contributed by atoms with Crippen LogP contribution >= 0.6 is 0 Å². The summed E-state index contributed by atoms with van der Waals surface area (Å²) in [5, 5.41) is 0. The minimum absolute atomic E-state index is 0.0940. The van der Waals surface area contributed by atoms with Crippen molar-refractivity contribution in [2.75, 3.05) is 6.61 Å². The molecule has 1 aliphatic heterocycles. The number of rotatable bonds is 3. The molecule has 0 saturated carbocycles. The van der Waals surface area contributed by atoms with Gasteiger partial charge in [0.05, 0.1) is 12.2 Å². The van der Waals surface area contributed by atoms with Crippen LogP contribution < -0.4 is 0 Å². The molecular weight excluding hydrogens is 184 g/mol. The van der Waals surface area contributed by atoms with Gasteiger partial charge in [-0.2, -0.15) is 0 Å². The average Bonchev–Trinajstić information content (AvgIpc) is 2.84. The minimum atomic E-state index is 0.0940. The zero-order valence-electron chi connectivity index (χ0n) is 10.1. The van der Waals surface area contributed by atoms with Crippen molar-refractivity contribution in [2.45, 2.75) is 39.7 Å². The molecule has 0 amide bonds. The molecule has 1 saturated heterocycles. The third kappa shape index (κ3) is 2.07. The summed E-state index contributed by atoms with van der Waals surface area (Å²) in [4.78, 5) is 0. The van der Waals surface area contributed by atoms with E-state index in [2.05, 4.69) is 52.0 Å². The monoisotopic (exact) mass is 204 g/mol. The van der Waals surface area contributed by atoms with E-state index in [0.717, 1.165) is 13.0 Å². The highest BCUT2D eigenvalue weighted by Gasteiger charge is 2.52. The van der Waals surface area contributed by atoms with E-state index in [1.165, 1.54) is 11.1 Å². The second kappa shape index (κ2) is 3.34. The lowest BCUT2D eigenvalue weighted by Gasteiger charge is -2.29. The Bertz CT molecular complexity index is 361. The van der Waals surface area contributed by atoms with Crippen molar-refractivity contribution in [1.82, 2.24) is 0 Å². The third-order valence-electron chi connectivity index (χ3n) is 3.74. The first-order valence-electron chi connectivity index (χ1n) is 5.62. The summed E-state index contributed by atoms with van der Waals surface area (Å²) in [6.45, 7) is 9.85. The highest BCUT2D eigenvalue weighted by Crippen LogP contribution is 2.45. The molecule has 1 aromatic rings. The van der Waals surface area contributed by atoms with E-state index in [1.54, 1.807) is 0 Å². The third-order valence-corrected chi connectivity index (χ3v) is 3.74. The van der Waals surface area contributed by atoms with E-state index in [4.69, 9.17) is 4.74 Å². The lowest BCUT2D eigenvalue weighted by Crippen LogP contribution is -2.32. The van der Waals surface area contributed by atoms with Gasteiger partial charge in [0.15, 0.2) is 0 Å². The van der Waals surface area contributed by atoms with Crippen molar-refractivity contribution in [3.63, 3.8) is 0 Å². The molecule has 1 fully saturated rings. The van der Waals surface area contributed by atoms with Gasteiger partial charge >= 0.3 is 0 Å². The number of hydrogen-bond donors (Lipinski definition) is 0. The van der Waals surface area contributed by atoms with Crippen molar-refractivity contribution in [3.05, 3.63) is 35.4 Å². The molecule has 0 spiro atoms. The van der Waals surface area contributed by atoms with Gasteiger partial charge in [0, 0.05) is 0 Å². The average molecular weight is 204 g/mol. The molecule has 0 bridgehead atoms. The van der Waals surface area contributed by atoms with Gasteiger partial charge in [-0.3, -0.25) is 0 Å². The second-order valence-corrected chi connectivity index (χ2v) is 5.57. The van der Waals surface area contributed by atoms with Gasteiger partial charge in [-0.25, -0.2) is 0 Å². The van der Waals surface area contributed by atoms with Gasteiger partial charge in [-0.1, -0.05) is 43.7 Å². The van der Waals surface area contributed by atoms with Crippen LogP contribution in [0.4, 0.5) is 0 Å². The van der Waals surface area contributed by atoms with Crippen LogP contribution in [0.5, 0.6) is 0 Å². The van der Waals surface area contributed by atoms with Crippen LogP contribution in [-0.4, -0.2) is 12.2 Å². The summed E-state index contributed by atoms with van der Waals surface area (Å²) in [6.07, 6.45) is 1.09. The van der Waals surface area contributed by atoms with E-state index in [0.29, 0.717) is 0 Å². The Hall–Kier alpha value is -0.820. The van der Waals surface area contributed by atoms with Crippen molar-refractivity contribution in [1.29, 1.82) is 0 Å². The first kappa shape index (κ1) is 10.7. The molecule has 1 heteroatoms. The molecule has 0 radical (unpaired) electrons. The largest absolute Gasteiger partial charge is 0.369 e. The standard InChI is InChI=1S/C14H20O/c1-11-6-5-7-12(8-11)9-13(2,3)14(4)10-15-14/h5-8H,9-10H2,1-4H3. The molecule has 0 aliphatic carbocycles. The Balaban J connectivity index is 2.14. The number of ether oxygens (including phenoxy) is 1. The maximum atomic E-state index is 5.56. The molecule has 0 aromatic heterocycles. The van der Waals surface area contributed by atoms with E-state index in [-0.39, 0.29) is 11.0 Å². The summed E-state index contributed by atoms with van der Waals surface area (Å²) in [6, 6.07) is 8.76. The van der Waals surface area contributed by atoms with Gasteiger partial charge < -0.3 is 4.74 Å². The lowest BCUT2D eigenvalue weighted by atomic mass is 9.75. The normalized spacial score (nSPS) is 25.3. The fourth-order valence-corrected chi connectivity index (χ4v) is 2.02. The first-order valence-corrected chi connectivity index (χ1v) is 5.62. The smallest absolute Gasteiger partial charge is 0.0942 e. The van der Waals surface area contributed by atoms with Crippen molar-refractivity contribution in [3.8, 4) is 0 Å². The maximum Gasteiger partial charge on any atom is 0.0942 e. The molecule has 1 aliphatic rings. The van der Waals surface area contributed by atoms with E-state index in [1.807, 2.05) is 0 Å². The Morgan fingerprint density at radius 1 is 1.40 bits per heavy atom. The van der Waals surface area contributed by atoms with Crippen molar-refractivity contribution < 1.29 is 4.74 Å². The molecule has 2 rings (SSSR count). The summed E-state index contributed by atoms with van der Waals surface area (Å²) in [7, 11) is 0. The molecular formula is C14H20O. The zero-order chi connectivity index (χ0) is 11.1. The number of hydrogen-bond acceptors (Lipinski definition) is 1. The molecule has 82 valence electrons. The molecule has 1 nitrogen and oxygen atoms in total. The van der Waals surface area contributed by atoms with Crippen LogP contribution in [-0.2, 0) is 11.2 Å². The van der Waals surface area contributed by atoms with E-state index in [9.17, 15) is 0 Å². The van der Waals surface area contributed by atoms with Crippen LogP contribution in [0.3, 0.4) is 0 Å². The zero-order valence-corrected chi connectivity index (χ0v) is 10.1. The Morgan fingerprint density at radius 2 is 2.07 bits per heavy atom. The Labute approximate surface area is 92.5 Å². The molecule has 1 unspecified atom stereocenters. The van der Waals surface area contributed by atoms with E-state index >= 15 is 0 Å². The highest BCUT2D eigenvalue weighted by atomic mass is 16.6. The van der Waals surface area contributed by atoms with Gasteiger partial charge in [-0.05, 0) is 31.2 Å². The van der Waals surface area contributed by atoms with Crippen LogP contribution in [0.2, 0.25) is 0 Å². The summed E-state index contributed by atoms with van der Waals surface area (Å²) < 4.78 is 5.56. The molecule has 1 atom stereocenters. The minimum Gasteiger partial charge on any atom is -0.369 e. The lowest BCUT2D eigenvalue weighted by molar-refractivity contribution is 0.153. The van der Waals surface area contributed by atoms with Crippen molar-refractivity contribution >= 4 is 0 Å². The van der Waals surface area contributed by atoms with Crippen LogP contribution in [0.1, 0.15) is 31.9 Å². The fourth-order valence-electron chi connectivity index (χ4n) is 2.02. The van der Waals surface area contributed by atoms with Crippen LogP contribution in [0.15, 0.2) is 24.3 Å². The predicted molar refractivity (Wildman–Crippen MR) is 63.0 cm³/mol. The Kier molecular flexibility index (Phi) is 2.38. The SMILES string of the molecule is Cc1cccc(CC(C)(C)C2(C)CO2)c1.